The number of amides is 6. The molecule has 2 N–H and O–H groups in total. The van der Waals surface area contributed by atoms with Crippen molar-refractivity contribution in [2.24, 2.45) is 0 Å². The molecule has 29 heavy (non-hydrogen) atoms. The second-order valence-electron chi connectivity index (χ2n) is 8.05. The quantitative estimate of drug-likeness (QED) is 0.774. The van der Waals surface area contributed by atoms with Gasteiger partial charge in [-0.05, 0) is 37.1 Å². The van der Waals surface area contributed by atoms with Crippen molar-refractivity contribution in [3.05, 3.63) is 48.0 Å². The highest BCUT2D eigenvalue weighted by atomic mass is 16.2. The minimum absolute atomic E-state index is 0.0567. The van der Waals surface area contributed by atoms with E-state index in [9.17, 15) is 19.2 Å². The third-order valence-corrected chi connectivity index (χ3v) is 5.59. The van der Waals surface area contributed by atoms with Gasteiger partial charge >= 0.3 is 12.1 Å². The summed E-state index contributed by atoms with van der Waals surface area (Å²) < 4.78 is 0. The molecule has 2 aliphatic heterocycles. The molecule has 1 atom stereocenters. The Morgan fingerprint density at radius 3 is 2.00 bits per heavy atom. The molecule has 2 aromatic rings. The van der Waals surface area contributed by atoms with Crippen LogP contribution in [-0.4, -0.2) is 52.3 Å². The Labute approximate surface area is 167 Å². The molecule has 2 fully saturated rings. The molecule has 0 saturated carbocycles. The lowest BCUT2D eigenvalue weighted by Gasteiger charge is -2.24. The van der Waals surface area contributed by atoms with E-state index in [1.807, 2.05) is 42.5 Å². The van der Waals surface area contributed by atoms with Crippen LogP contribution in [0.4, 0.5) is 9.59 Å². The minimum atomic E-state index is -1.23. The van der Waals surface area contributed by atoms with Gasteiger partial charge in [-0.25, -0.2) is 9.59 Å². The molecule has 2 aromatic carbocycles. The lowest BCUT2D eigenvalue weighted by molar-refractivity contribution is -0.133. The molecule has 0 spiro atoms. The molecule has 8 nitrogen and oxygen atoms in total. The van der Waals surface area contributed by atoms with Crippen molar-refractivity contribution in [2.75, 3.05) is 13.1 Å². The van der Waals surface area contributed by atoms with E-state index in [4.69, 9.17) is 0 Å². The second-order valence-corrected chi connectivity index (χ2v) is 8.05. The van der Waals surface area contributed by atoms with Crippen LogP contribution in [0.3, 0.4) is 0 Å². The Balaban J connectivity index is 1.59. The number of urea groups is 2. The van der Waals surface area contributed by atoms with Crippen molar-refractivity contribution in [3.63, 3.8) is 0 Å². The molecule has 8 heteroatoms. The van der Waals surface area contributed by atoms with Crippen LogP contribution in [0.1, 0.15) is 26.3 Å². The van der Waals surface area contributed by atoms with Crippen LogP contribution in [0.15, 0.2) is 42.5 Å². The van der Waals surface area contributed by atoms with Gasteiger partial charge in [-0.1, -0.05) is 42.5 Å². The van der Waals surface area contributed by atoms with Crippen LogP contribution in [0.5, 0.6) is 0 Å². The summed E-state index contributed by atoms with van der Waals surface area (Å²) in [5.41, 5.74) is -1.52. The monoisotopic (exact) mass is 394 g/mol. The summed E-state index contributed by atoms with van der Waals surface area (Å²) in [7, 11) is 0. The number of hydrogen-bond acceptors (Lipinski definition) is 4. The van der Waals surface area contributed by atoms with Gasteiger partial charge in [0.1, 0.15) is 11.1 Å². The highest BCUT2D eigenvalue weighted by molar-refractivity contribution is 6.09. The zero-order valence-corrected chi connectivity index (χ0v) is 16.5. The smallest absolute Gasteiger partial charge is 0.324 e. The fourth-order valence-electron chi connectivity index (χ4n) is 3.96. The topological polar surface area (TPSA) is 98.8 Å². The summed E-state index contributed by atoms with van der Waals surface area (Å²) in [6.07, 6.45) is 0. The molecule has 0 unspecified atom stereocenters. The van der Waals surface area contributed by atoms with E-state index in [0.717, 1.165) is 20.6 Å². The lowest BCUT2D eigenvalue weighted by Crippen LogP contribution is -2.44. The maximum atomic E-state index is 13.2. The Hall–Kier alpha value is -3.42. The van der Waals surface area contributed by atoms with Gasteiger partial charge in [0.05, 0.1) is 0 Å². The van der Waals surface area contributed by atoms with Gasteiger partial charge in [0.25, 0.3) is 11.8 Å². The number of benzene rings is 2. The fraction of sp³-hybridized carbons (Fsp3) is 0.333. The van der Waals surface area contributed by atoms with Gasteiger partial charge in [-0.3, -0.25) is 19.4 Å². The van der Waals surface area contributed by atoms with Crippen molar-refractivity contribution >= 4 is 34.6 Å². The first-order chi connectivity index (χ1) is 13.6. The molecule has 2 aliphatic rings. The van der Waals surface area contributed by atoms with Gasteiger partial charge in [-0.15, -0.1) is 0 Å². The SMILES string of the molecule is CC1(C)NC(=O)N(CCN2C(=O)N[C@](C)(c3cccc4ccccc34)C2=O)C1=O. The Morgan fingerprint density at radius 2 is 1.34 bits per heavy atom. The van der Waals surface area contributed by atoms with Gasteiger partial charge in [-0.2, -0.15) is 0 Å². The standard InChI is InChI=1S/C21H22N4O4/c1-20(2)16(26)24(18(28)22-20)11-12-25-17(27)21(3,23-19(25)29)15-10-6-8-13-7-4-5-9-14(13)15/h4-10H,11-12H2,1-3H3,(H,22,28)(H,23,29)/t21-/m1/s1. The third kappa shape index (κ3) is 2.83. The molecule has 2 heterocycles. The largest absolute Gasteiger partial charge is 0.325 e. The van der Waals surface area contributed by atoms with E-state index >= 15 is 0 Å². The van der Waals surface area contributed by atoms with E-state index in [2.05, 4.69) is 10.6 Å². The third-order valence-electron chi connectivity index (χ3n) is 5.59. The zero-order chi connectivity index (χ0) is 21.0. The summed E-state index contributed by atoms with van der Waals surface area (Å²) in [4.78, 5) is 52.3. The molecule has 0 aliphatic carbocycles. The van der Waals surface area contributed by atoms with E-state index in [0.29, 0.717) is 5.56 Å². The van der Waals surface area contributed by atoms with Gasteiger partial charge in [0.15, 0.2) is 0 Å². The number of fused-ring (bicyclic) bond motifs is 1. The molecule has 6 amide bonds. The van der Waals surface area contributed by atoms with Crippen LogP contribution >= 0.6 is 0 Å². The maximum Gasteiger partial charge on any atom is 0.325 e. The van der Waals surface area contributed by atoms with Crippen LogP contribution < -0.4 is 10.6 Å². The van der Waals surface area contributed by atoms with Crippen molar-refractivity contribution < 1.29 is 19.2 Å². The minimum Gasteiger partial charge on any atom is -0.324 e. The van der Waals surface area contributed by atoms with E-state index < -0.39 is 29.0 Å². The summed E-state index contributed by atoms with van der Waals surface area (Å²) in [6, 6.07) is 12.2. The summed E-state index contributed by atoms with van der Waals surface area (Å²) >= 11 is 0. The van der Waals surface area contributed by atoms with Gasteiger partial charge in [0, 0.05) is 13.1 Å². The molecular weight excluding hydrogens is 372 g/mol. The van der Waals surface area contributed by atoms with Crippen LogP contribution in [-0.2, 0) is 15.1 Å². The molecule has 0 radical (unpaired) electrons. The van der Waals surface area contributed by atoms with Crippen molar-refractivity contribution in [1.29, 1.82) is 0 Å². The number of carbonyl (C=O) groups is 4. The number of hydrogen-bond donors (Lipinski definition) is 2. The molecule has 150 valence electrons. The van der Waals surface area contributed by atoms with Crippen LogP contribution in [0.2, 0.25) is 0 Å². The Morgan fingerprint density at radius 1 is 0.759 bits per heavy atom. The van der Waals surface area contributed by atoms with Gasteiger partial charge in [0.2, 0.25) is 0 Å². The van der Waals surface area contributed by atoms with Gasteiger partial charge < -0.3 is 10.6 Å². The number of nitrogens with one attached hydrogen (secondary N) is 2. The zero-order valence-electron chi connectivity index (χ0n) is 16.5. The van der Waals surface area contributed by atoms with Crippen LogP contribution in [0, 0.1) is 0 Å². The molecule has 4 rings (SSSR count). The average molecular weight is 394 g/mol. The average Bonchev–Trinajstić information content (AvgIpc) is 3.02. The summed E-state index contributed by atoms with van der Waals surface area (Å²) in [5.74, 6) is -0.795. The molecule has 2 saturated heterocycles. The molecule has 0 bridgehead atoms. The van der Waals surface area contributed by atoms with E-state index in [-0.39, 0.29) is 19.0 Å². The van der Waals surface area contributed by atoms with Crippen molar-refractivity contribution in [2.45, 2.75) is 31.8 Å². The first kappa shape index (κ1) is 18.9. The number of nitrogens with zero attached hydrogens (tertiary/aromatic N) is 2. The Bertz CT molecular complexity index is 1060. The fourth-order valence-corrected chi connectivity index (χ4v) is 3.96. The first-order valence-corrected chi connectivity index (χ1v) is 9.41. The summed E-state index contributed by atoms with van der Waals surface area (Å²) in [6.45, 7) is 4.77. The number of carbonyl (C=O) groups excluding carboxylic acids is 4. The van der Waals surface area contributed by atoms with Crippen molar-refractivity contribution in [3.8, 4) is 0 Å². The molecular formula is C21H22N4O4. The lowest BCUT2D eigenvalue weighted by atomic mass is 9.88. The summed E-state index contributed by atoms with van der Waals surface area (Å²) in [5, 5.41) is 7.22. The second kappa shape index (κ2) is 6.30. The van der Waals surface area contributed by atoms with Crippen molar-refractivity contribution in [1.82, 2.24) is 20.4 Å². The normalized spacial score (nSPS) is 23.7. The number of imide groups is 2. The first-order valence-electron chi connectivity index (χ1n) is 9.41. The van der Waals surface area contributed by atoms with Crippen LogP contribution in [0.25, 0.3) is 10.8 Å². The highest BCUT2D eigenvalue weighted by Crippen LogP contribution is 2.33. The Kier molecular flexibility index (Phi) is 4.11. The predicted molar refractivity (Wildman–Crippen MR) is 106 cm³/mol. The molecule has 0 aromatic heterocycles. The maximum absolute atomic E-state index is 13.2. The van der Waals surface area contributed by atoms with E-state index in [1.54, 1.807) is 20.8 Å². The number of rotatable bonds is 4. The van der Waals surface area contributed by atoms with E-state index in [1.165, 1.54) is 0 Å². The highest BCUT2D eigenvalue weighted by Gasteiger charge is 2.50. The predicted octanol–water partition coefficient (Wildman–Crippen LogP) is 1.94.